The van der Waals surface area contributed by atoms with Gasteiger partial charge in [-0.1, -0.05) is 22.0 Å². The van der Waals surface area contributed by atoms with Gasteiger partial charge in [-0.2, -0.15) is 0 Å². The molecule has 16 heavy (non-hydrogen) atoms. The Hall–Kier alpha value is -0.350. The second-order valence-electron chi connectivity index (χ2n) is 4.19. The lowest BCUT2D eigenvalue weighted by Crippen LogP contribution is -2.38. The van der Waals surface area contributed by atoms with E-state index in [-0.39, 0.29) is 5.91 Å². The fourth-order valence-electron chi connectivity index (χ4n) is 2.14. The van der Waals surface area contributed by atoms with Crippen LogP contribution in [0, 0.1) is 5.92 Å². The molecule has 0 N–H and O–H groups in total. The lowest BCUT2D eigenvalue weighted by molar-refractivity contribution is 0.0694. The minimum atomic E-state index is 0.215. The summed E-state index contributed by atoms with van der Waals surface area (Å²) in [5.74, 6) is 1.01. The number of hydrogen-bond donors (Lipinski definition) is 0. The van der Waals surface area contributed by atoms with Gasteiger partial charge < -0.3 is 4.90 Å². The predicted molar refractivity (Wildman–Crippen MR) is 71.4 cm³/mol. The van der Waals surface area contributed by atoms with Crippen molar-refractivity contribution in [2.24, 2.45) is 5.92 Å². The smallest absolute Gasteiger partial charge is 0.263 e. The van der Waals surface area contributed by atoms with Gasteiger partial charge in [-0.15, -0.1) is 11.3 Å². The van der Waals surface area contributed by atoms with Gasteiger partial charge in [0.25, 0.3) is 5.91 Å². The summed E-state index contributed by atoms with van der Waals surface area (Å²) in [6.45, 7) is 1.85. The highest BCUT2D eigenvalue weighted by molar-refractivity contribution is 9.09. The number of nitrogens with zero attached hydrogens (tertiary/aromatic N) is 1. The second-order valence-corrected chi connectivity index (χ2v) is 5.93. The second kappa shape index (κ2) is 5.82. The molecular formula is C12H16BrNOS. The van der Waals surface area contributed by atoms with Crippen molar-refractivity contribution < 1.29 is 4.79 Å². The number of likely N-dealkylation sites (tertiary alicyclic amines) is 1. The third kappa shape index (κ3) is 2.86. The van der Waals surface area contributed by atoms with E-state index in [9.17, 15) is 4.79 Å². The van der Waals surface area contributed by atoms with Crippen molar-refractivity contribution in [2.45, 2.75) is 19.3 Å². The molecule has 0 atom stereocenters. The number of halogens is 1. The summed E-state index contributed by atoms with van der Waals surface area (Å²) in [7, 11) is 0. The summed E-state index contributed by atoms with van der Waals surface area (Å²) in [6.07, 6.45) is 3.55. The summed E-state index contributed by atoms with van der Waals surface area (Å²) < 4.78 is 0. The molecule has 0 bridgehead atoms. The zero-order chi connectivity index (χ0) is 11.4. The third-order valence-corrected chi connectivity index (χ3v) is 4.47. The number of hydrogen-bond acceptors (Lipinski definition) is 2. The largest absolute Gasteiger partial charge is 0.338 e. The van der Waals surface area contributed by atoms with Crippen LogP contribution >= 0.6 is 27.3 Å². The van der Waals surface area contributed by atoms with E-state index in [2.05, 4.69) is 15.9 Å². The Morgan fingerprint density at radius 1 is 1.50 bits per heavy atom. The molecule has 1 saturated heterocycles. The zero-order valence-electron chi connectivity index (χ0n) is 9.19. The lowest BCUT2D eigenvalue weighted by Gasteiger charge is -2.31. The van der Waals surface area contributed by atoms with E-state index < -0.39 is 0 Å². The first-order valence-electron chi connectivity index (χ1n) is 5.70. The van der Waals surface area contributed by atoms with Crippen molar-refractivity contribution in [3.63, 3.8) is 0 Å². The highest BCUT2D eigenvalue weighted by Crippen LogP contribution is 2.23. The molecule has 0 radical (unpaired) electrons. The topological polar surface area (TPSA) is 20.3 Å². The Morgan fingerprint density at radius 2 is 2.25 bits per heavy atom. The van der Waals surface area contributed by atoms with Crippen molar-refractivity contribution in [1.82, 2.24) is 4.90 Å². The van der Waals surface area contributed by atoms with Crippen LogP contribution in [0.4, 0.5) is 0 Å². The Balaban J connectivity index is 1.87. The molecule has 1 aliphatic rings. The summed E-state index contributed by atoms with van der Waals surface area (Å²) in [5.41, 5.74) is 0. The van der Waals surface area contributed by atoms with Crippen LogP contribution in [0.3, 0.4) is 0 Å². The van der Waals surface area contributed by atoms with Gasteiger partial charge in [-0.25, -0.2) is 0 Å². The molecular weight excluding hydrogens is 286 g/mol. The molecule has 1 aromatic heterocycles. The molecule has 0 spiro atoms. The first kappa shape index (κ1) is 12.1. The first-order chi connectivity index (χ1) is 7.81. The van der Waals surface area contributed by atoms with Crippen molar-refractivity contribution in [3.05, 3.63) is 22.4 Å². The molecule has 0 saturated carbocycles. The maximum Gasteiger partial charge on any atom is 0.263 e. The first-order valence-corrected chi connectivity index (χ1v) is 7.70. The van der Waals surface area contributed by atoms with Crippen molar-refractivity contribution >= 4 is 33.2 Å². The van der Waals surface area contributed by atoms with Gasteiger partial charge in [0, 0.05) is 18.4 Å². The van der Waals surface area contributed by atoms with Gasteiger partial charge in [0.2, 0.25) is 0 Å². The molecule has 2 heterocycles. The van der Waals surface area contributed by atoms with Crippen molar-refractivity contribution in [3.8, 4) is 0 Å². The van der Waals surface area contributed by atoms with Gasteiger partial charge in [-0.3, -0.25) is 4.79 Å². The molecule has 4 heteroatoms. The van der Waals surface area contributed by atoms with Crippen LogP contribution in [0.5, 0.6) is 0 Å². The Kier molecular flexibility index (Phi) is 4.41. The summed E-state index contributed by atoms with van der Waals surface area (Å²) >= 11 is 5.02. The fourth-order valence-corrected chi connectivity index (χ4v) is 3.47. The van der Waals surface area contributed by atoms with Crippen molar-refractivity contribution in [2.75, 3.05) is 18.4 Å². The number of amides is 1. The molecule has 1 amide bonds. The average Bonchev–Trinajstić information content (AvgIpc) is 2.83. The van der Waals surface area contributed by atoms with E-state index in [4.69, 9.17) is 0 Å². The fraction of sp³-hybridized carbons (Fsp3) is 0.583. The minimum Gasteiger partial charge on any atom is -0.338 e. The number of carbonyl (C=O) groups is 1. The predicted octanol–water partition coefficient (Wildman–Crippen LogP) is 3.39. The number of rotatable bonds is 3. The van der Waals surface area contributed by atoms with Gasteiger partial charge in [0.15, 0.2) is 0 Å². The maximum atomic E-state index is 12.1. The summed E-state index contributed by atoms with van der Waals surface area (Å²) in [6, 6.07) is 3.85. The molecule has 2 rings (SSSR count). The van der Waals surface area contributed by atoms with E-state index in [1.54, 1.807) is 0 Å². The van der Waals surface area contributed by atoms with Gasteiger partial charge in [0.1, 0.15) is 0 Å². The standard InChI is InChI=1S/C12H16BrNOS/c13-6-3-10-4-7-14(8-5-10)12(15)11-2-1-9-16-11/h1-2,9-10H,3-8H2. The lowest BCUT2D eigenvalue weighted by atomic mass is 9.94. The average molecular weight is 302 g/mol. The van der Waals surface area contributed by atoms with E-state index in [0.717, 1.165) is 42.1 Å². The number of alkyl halides is 1. The van der Waals surface area contributed by atoms with E-state index >= 15 is 0 Å². The van der Waals surface area contributed by atoms with E-state index in [1.807, 2.05) is 22.4 Å². The van der Waals surface area contributed by atoms with Crippen LogP contribution in [-0.4, -0.2) is 29.2 Å². The highest BCUT2D eigenvalue weighted by atomic mass is 79.9. The SMILES string of the molecule is O=C(c1cccs1)N1CCC(CCBr)CC1. The molecule has 88 valence electrons. The van der Waals surface area contributed by atoms with Crippen LogP contribution in [-0.2, 0) is 0 Å². The molecule has 0 aliphatic carbocycles. The van der Waals surface area contributed by atoms with Crippen LogP contribution in [0.15, 0.2) is 17.5 Å². The zero-order valence-corrected chi connectivity index (χ0v) is 11.6. The number of carbonyl (C=O) groups excluding carboxylic acids is 1. The van der Waals surface area contributed by atoms with Gasteiger partial charge >= 0.3 is 0 Å². The quantitative estimate of drug-likeness (QED) is 0.784. The Labute approximate surface area is 109 Å². The summed E-state index contributed by atoms with van der Waals surface area (Å²) in [4.78, 5) is 14.9. The van der Waals surface area contributed by atoms with Crippen LogP contribution in [0.25, 0.3) is 0 Å². The van der Waals surface area contributed by atoms with Crippen LogP contribution in [0.2, 0.25) is 0 Å². The Morgan fingerprint density at radius 3 is 2.81 bits per heavy atom. The summed E-state index contributed by atoms with van der Waals surface area (Å²) in [5, 5.41) is 3.04. The van der Waals surface area contributed by atoms with Gasteiger partial charge in [-0.05, 0) is 36.6 Å². The number of thiophene rings is 1. The van der Waals surface area contributed by atoms with Crippen LogP contribution < -0.4 is 0 Å². The molecule has 1 aromatic rings. The molecule has 0 aromatic carbocycles. The number of piperidine rings is 1. The van der Waals surface area contributed by atoms with E-state index in [1.165, 1.54) is 17.8 Å². The molecule has 0 unspecified atom stereocenters. The third-order valence-electron chi connectivity index (χ3n) is 3.15. The molecule has 1 fully saturated rings. The normalized spacial score (nSPS) is 17.7. The monoisotopic (exact) mass is 301 g/mol. The maximum absolute atomic E-state index is 12.1. The van der Waals surface area contributed by atoms with E-state index in [0.29, 0.717) is 0 Å². The van der Waals surface area contributed by atoms with Gasteiger partial charge in [0.05, 0.1) is 4.88 Å². The highest BCUT2D eigenvalue weighted by Gasteiger charge is 2.23. The Bertz CT molecular complexity index is 331. The minimum absolute atomic E-state index is 0.215. The van der Waals surface area contributed by atoms with Crippen molar-refractivity contribution in [1.29, 1.82) is 0 Å². The van der Waals surface area contributed by atoms with Crippen LogP contribution in [0.1, 0.15) is 28.9 Å². The molecule has 1 aliphatic heterocycles. The molecule has 2 nitrogen and oxygen atoms in total.